The zero-order chi connectivity index (χ0) is 21.1. The number of benzene rings is 2. The molecular formula is C19H19BrN4O5S. The van der Waals surface area contributed by atoms with Crippen molar-refractivity contribution >= 4 is 56.5 Å². The van der Waals surface area contributed by atoms with Gasteiger partial charge in [0.2, 0.25) is 0 Å². The van der Waals surface area contributed by atoms with Gasteiger partial charge in [-0.2, -0.15) is 0 Å². The molecule has 0 bridgehead atoms. The number of rotatable bonds is 6. The van der Waals surface area contributed by atoms with Crippen molar-refractivity contribution in [2.24, 2.45) is 5.73 Å². The first kappa shape index (κ1) is 23.2. The molecule has 0 amide bonds. The Bertz CT molecular complexity index is 1110. The average molecular weight is 495 g/mol. The number of carbonyl (C=O) groups is 1. The van der Waals surface area contributed by atoms with Gasteiger partial charge in [0.05, 0.1) is 22.9 Å². The first-order chi connectivity index (χ1) is 13.8. The zero-order valence-electron chi connectivity index (χ0n) is 16.1. The lowest BCUT2D eigenvalue weighted by Crippen LogP contribution is -2.07. The first-order valence-electron chi connectivity index (χ1n) is 8.43. The zero-order valence-corrected chi connectivity index (χ0v) is 18.6. The Hall–Kier alpha value is -3.05. The van der Waals surface area contributed by atoms with Gasteiger partial charge in [-0.1, -0.05) is 11.8 Å². The van der Waals surface area contributed by atoms with Crippen LogP contribution in [0.25, 0.3) is 16.6 Å². The number of carbonyl (C=O) groups excluding carboxylic acids is 1. The predicted molar refractivity (Wildman–Crippen MR) is 121 cm³/mol. The van der Waals surface area contributed by atoms with Crippen molar-refractivity contribution in [3.63, 3.8) is 0 Å². The molecule has 3 aromatic rings. The Kier molecular flexibility index (Phi) is 7.46. The molecule has 11 heteroatoms. The van der Waals surface area contributed by atoms with E-state index in [2.05, 4.69) is 0 Å². The van der Waals surface area contributed by atoms with Crippen molar-refractivity contribution in [1.82, 2.24) is 4.57 Å². The molecule has 0 spiro atoms. The Morgan fingerprint density at radius 1 is 1.23 bits per heavy atom. The summed E-state index contributed by atoms with van der Waals surface area (Å²) in [5, 5.41) is 19.6. The Morgan fingerprint density at radius 3 is 2.40 bits per heavy atom. The highest BCUT2D eigenvalue weighted by Gasteiger charge is 2.27. The van der Waals surface area contributed by atoms with Crippen LogP contribution in [0, 0.1) is 15.5 Å². The lowest BCUT2D eigenvalue weighted by atomic mass is 10.2. The number of ether oxygens (including phenoxy) is 2. The minimum absolute atomic E-state index is 0. The lowest BCUT2D eigenvalue weighted by Gasteiger charge is -2.11. The summed E-state index contributed by atoms with van der Waals surface area (Å²) in [6.45, 7) is 1.28. The van der Waals surface area contributed by atoms with Gasteiger partial charge in [-0.25, -0.2) is 0 Å². The van der Waals surface area contributed by atoms with E-state index in [1.807, 2.05) is 0 Å². The second-order valence-corrected chi connectivity index (χ2v) is 7.03. The van der Waals surface area contributed by atoms with E-state index in [1.165, 1.54) is 13.0 Å². The summed E-state index contributed by atoms with van der Waals surface area (Å²) in [5.41, 5.74) is 6.90. The van der Waals surface area contributed by atoms with Gasteiger partial charge in [0, 0.05) is 24.4 Å². The van der Waals surface area contributed by atoms with E-state index in [1.54, 1.807) is 48.1 Å². The van der Waals surface area contributed by atoms with Crippen molar-refractivity contribution in [2.75, 3.05) is 7.11 Å². The summed E-state index contributed by atoms with van der Waals surface area (Å²) in [7, 11) is 1.55. The summed E-state index contributed by atoms with van der Waals surface area (Å²) in [5.74, 6) is 0.543. The molecule has 30 heavy (non-hydrogen) atoms. The molecule has 0 fully saturated rings. The van der Waals surface area contributed by atoms with E-state index in [4.69, 9.17) is 20.6 Å². The van der Waals surface area contributed by atoms with Gasteiger partial charge in [-0.15, -0.1) is 17.0 Å². The van der Waals surface area contributed by atoms with Crippen LogP contribution in [0.2, 0.25) is 0 Å². The Balaban J connectivity index is 0.00000320. The number of hydrogen-bond acceptors (Lipinski definition) is 7. The number of fused-ring (bicyclic) bond motifs is 1. The van der Waals surface area contributed by atoms with Crippen molar-refractivity contribution in [1.29, 1.82) is 5.41 Å². The quantitative estimate of drug-likeness (QED) is 0.131. The molecule has 0 aliphatic heterocycles. The topological polar surface area (TPSA) is 133 Å². The highest BCUT2D eigenvalue weighted by Crippen LogP contribution is 2.39. The molecule has 0 aliphatic rings. The maximum absolute atomic E-state index is 11.9. The largest absolute Gasteiger partial charge is 0.497 e. The molecule has 158 valence electrons. The standard InChI is InChI=1S/C19H18N4O5S.BrH/c1-11(24)28-14-7-8-15-16(9-14)22(12-3-5-13(27-2)6-4-12)17(10-29-19(20)21)18(15)23(25)26;/h3-9H,10H2,1-2H3,(H3,20,21);1H. The Morgan fingerprint density at radius 2 is 1.87 bits per heavy atom. The fraction of sp³-hybridized carbons (Fsp3) is 0.158. The second-order valence-electron chi connectivity index (χ2n) is 6.01. The minimum Gasteiger partial charge on any atom is -0.497 e. The third-order valence-electron chi connectivity index (χ3n) is 4.15. The number of methoxy groups -OCH3 is 1. The maximum atomic E-state index is 11.9. The third-order valence-corrected chi connectivity index (χ3v) is 4.88. The number of nitrogens with one attached hydrogen (secondary N) is 1. The van der Waals surface area contributed by atoms with Crippen LogP contribution in [0.15, 0.2) is 42.5 Å². The predicted octanol–water partition coefficient (Wildman–Crippen LogP) is 4.18. The molecule has 0 saturated carbocycles. The first-order valence-corrected chi connectivity index (χ1v) is 9.41. The van der Waals surface area contributed by atoms with Crippen LogP contribution in [0.5, 0.6) is 11.5 Å². The molecule has 0 saturated heterocycles. The molecule has 1 aromatic heterocycles. The molecule has 9 nitrogen and oxygen atoms in total. The van der Waals surface area contributed by atoms with Gasteiger partial charge in [0.1, 0.15) is 17.2 Å². The van der Waals surface area contributed by atoms with E-state index in [0.717, 1.165) is 11.8 Å². The van der Waals surface area contributed by atoms with Crippen LogP contribution in [0.3, 0.4) is 0 Å². The molecule has 0 unspecified atom stereocenters. The molecule has 3 rings (SSSR count). The van der Waals surface area contributed by atoms with E-state index >= 15 is 0 Å². The smallest absolute Gasteiger partial charge is 0.308 e. The van der Waals surface area contributed by atoms with E-state index in [-0.39, 0.29) is 39.3 Å². The number of esters is 1. The highest BCUT2D eigenvalue weighted by molar-refractivity contribution is 8.93. The fourth-order valence-electron chi connectivity index (χ4n) is 3.04. The summed E-state index contributed by atoms with van der Waals surface area (Å²) >= 11 is 0.988. The molecule has 0 aliphatic carbocycles. The number of nitrogens with two attached hydrogens (primary N) is 1. The van der Waals surface area contributed by atoms with Crippen molar-refractivity contribution < 1.29 is 19.2 Å². The number of aromatic nitrogens is 1. The van der Waals surface area contributed by atoms with Crippen molar-refractivity contribution in [2.45, 2.75) is 12.7 Å². The van der Waals surface area contributed by atoms with Gasteiger partial charge >= 0.3 is 5.97 Å². The van der Waals surface area contributed by atoms with E-state index < -0.39 is 10.9 Å². The molecular weight excluding hydrogens is 476 g/mol. The van der Waals surface area contributed by atoms with Gasteiger partial charge in [-0.3, -0.25) is 20.3 Å². The molecule has 0 atom stereocenters. The maximum Gasteiger partial charge on any atom is 0.308 e. The van der Waals surface area contributed by atoms with Crippen LogP contribution in [-0.2, 0) is 10.5 Å². The number of hydrogen-bond donors (Lipinski definition) is 2. The van der Waals surface area contributed by atoms with Gasteiger partial charge < -0.3 is 19.8 Å². The van der Waals surface area contributed by atoms with Crippen LogP contribution >= 0.6 is 28.7 Å². The van der Waals surface area contributed by atoms with E-state index in [9.17, 15) is 14.9 Å². The molecule has 0 radical (unpaired) electrons. The minimum atomic E-state index is -0.492. The second kappa shape index (κ2) is 9.63. The fourth-order valence-corrected chi connectivity index (χ4v) is 3.60. The normalized spacial score (nSPS) is 10.3. The molecule has 3 N–H and O–H groups in total. The van der Waals surface area contributed by atoms with Crippen LogP contribution in [-0.4, -0.2) is 27.7 Å². The van der Waals surface area contributed by atoms with Crippen LogP contribution in [0.1, 0.15) is 12.6 Å². The molecule has 1 heterocycles. The van der Waals surface area contributed by atoms with Crippen LogP contribution < -0.4 is 15.2 Å². The summed E-state index contributed by atoms with van der Waals surface area (Å²) in [6.07, 6.45) is 0. The average Bonchev–Trinajstić information content (AvgIpc) is 2.99. The van der Waals surface area contributed by atoms with Crippen molar-refractivity contribution in [3.05, 3.63) is 58.3 Å². The number of nitro groups is 1. The van der Waals surface area contributed by atoms with Gasteiger partial charge in [0.15, 0.2) is 5.17 Å². The monoisotopic (exact) mass is 494 g/mol. The summed E-state index contributed by atoms with van der Waals surface area (Å²) in [4.78, 5) is 22.8. The SMILES string of the molecule is Br.COc1ccc(-n2c(CSC(=N)N)c([N+](=O)[O-])c3ccc(OC(C)=O)cc32)cc1. The number of halogens is 1. The number of nitrogens with zero attached hydrogens (tertiary/aromatic N) is 2. The van der Waals surface area contributed by atoms with Crippen LogP contribution in [0.4, 0.5) is 5.69 Å². The Labute approximate surface area is 186 Å². The van der Waals surface area contributed by atoms with E-state index in [0.29, 0.717) is 28.0 Å². The molecule has 2 aromatic carbocycles. The van der Waals surface area contributed by atoms with Gasteiger partial charge in [0.25, 0.3) is 5.69 Å². The van der Waals surface area contributed by atoms with Gasteiger partial charge in [-0.05, 0) is 36.4 Å². The highest BCUT2D eigenvalue weighted by atomic mass is 79.9. The summed E-state index contributed by atoms with van der Waals surface area (Å²) < 4.78 is 12.0. The third kappa shape index (κ3) is 4.74. The number of amidine groups is 1. The summed E-state index contributed by atoms with van der Waals surface area (Å²) in [6, 6.07) is 11.7. The lowest BCUT2D eigenvalue weighted by molar-refractivity contribution is -0.383. The number of thioether (sulfide) groups is 1. The van der Waals surface area contributed by atoms with Crippen molar-refractivity contribution in [3.8, 4) is 17.2 Å².